The maximum absolute atomic E-state index is 15.1. The zero-order valence-corrected chi connectivity index (χ0v) is 26.3. The number of aromatic hydroxyl groups is 2. The fourth-order valence-corrected chi connectivity index (χ4v) is 5.44. The Labute approximate surface area is 271 Å². The predicted molar refractivity (Wildman–Crippen MR) is 163 cm³/mol. The fraction of sp³-hybridized carbons (Fsp3) is 0.333. The zero-order chi connectivity index (χ0) is 36.1. The number of phenols is 2. The highest BCUT2D eigenvalue weighted by Gasteiger charge is 2.84. The molecule has 0 aliphatic rings. The minimum atomic E-state index is -6.96. The van der Waals surface area contributed by atoms with Crippen molar-refractivity contribution in [3.05, 3.63) is 130 Å². The van der Waals surface area contributed by atoms with Gasteiger partial charge >= 0.3 is 23.7 Å². The van der Waals surface area contributed by atoms with Crippen LogP contribution in [0.2, 0.25) is 0 Å². The van der Waals surface area contributed by atoms with Crippen molar-refractivity contribution in [2.24, 2.45) is 0 Å². The van der Waals surface area contributed by atoms with Crippen LogP contribution in [0.15, 0.2) is 97.1 Å². The summed E-state index contributed by atoms with van der Waals surface area (Å²) in [6.45, 7) is 6.85. The van der Waals surface area contributed by atoms with Gasteiger partial charge in [0.2, 0.25) is 0 Å². The second-order valence-electron chi connectivity index (χ2n) is 12.9. The van der Waals surface area contributed by atoms with Gasteiger partial charge in [0, 0.05) is 22.8 Å². The molecule has 4 nitrogen and oxygen atoms in total. The van der Waals surface area contributed by atoms with E-state index in [4.69, 9.17) is 0 Å². The average Bonchev–Trinajstić information content (AvgIpc) is 3.01. The van der Waals surface area contributed by atoms with E-state index in [0.717, 1.165) is 24.3 Å². The molecule has 0 saturated heterocycles. The van der Waals surface area contributed by atoms with Gasteiger partial charge in [-0.2, -0.15) is 35.1 Å². The molecule has 0 heterocycles. The van der Waals surface area contributed by atoms with Crippen molar-refractivity contribution in [1.82, 2.24) is 0 Å². The van der Waals surface area contributed by atoms with E-state index in [1.807, 2.05) is 0 Å². The number of phenolic OH excluding ortho intramolecular Hbond substituents is 2. The highest BCUT2D eigenvalue weighted by Crippen LogP contribution is 2.58. The highest BCUT2D eigenvalue weighted by molar-refractivity contribution is 5.43. The average molecular weight is 683 g/mol. The third-order valence-corrected chi connectivity index (χ3v) is 8.97. The molecule has 0 spiro atoms. The summed E-state index contributed by atoms with van der Waals surface area (Å²) < 4.78 is 120. The Balaban J connectivity index is 1.58. The minimum Gasteiger partial charge on any atom is -0.508 e. The molecule has 0 bridgehead atoms. The molecule has 0 aliphatic heterocycles. The molecule has 0 unspecified atom stereocenters. The molecule has 0 fully saturated rings. The van der Waals surface area contributed by atoms with Gasteiger partial charge < -0.3 is 20.4 Å². The van der Waals surface area contributed by atoms with Crippen LogP contribution in [-0.4, -0.2) is 44.1 Å². The quantitative estimate of drug-likeness (QED) is 0.0943. The number of hydrogen-bond donors (Lipinski definition) is 4. The van der Waals surface area contributed by atoms with Crippen molar-refractivity contribution in [2.45, 2.75) is 74.4 Å². The molecule has 0 atom stereocenters. The van der Waals surface area contributed by atoms with Crippen molar-refractivity contribution in [3.8, 4) is 11.5 Å². The molecular formula is C36H34F8O4. The summed E-state index contributed by atoms with van der Waals surface area (Å²) in [5.41, 5.74) is -1.41. The first-order valence-corrected chi connectivity index (χ1v) is 14.6. The lowest BCUT2D eigenvalue weighted by Gasteiger charge is -2.41. The summed E-state index contributed by atoms with van der Waals surface area (Å²) in [7, 11) is 0. The first kappa shape index (κ1) is 36.7. The Hall–Kier alpha value is -4.16. The molecule has 0 aliphatic carbocycles. The maximum Gasteiger partial charge on any atom is 0.384 e. The summed E-state index contributed by atoms with van der Waals surface area (Å²) in [4.78, 5) is 0. The molecule has 258 valence electrons. The largest absolute Gasteiger partial charge is 0.508 e. The summed E-state index contributed by atoms with van der Waals surface area (Å²) in [6, 6.07) is 19.8. The van der Waals surface area contributed by atoms with Crippen molar-refractivity contribution in [3.63, 3.8) is 0 Å². The van der Waals surface area contributed by atoms with Gasteiger partial charge in [-0.25, -0.2) is 0 Å². The SMILES string of the molecule is CC(C)(c1ccc(O)cc1)c1ccc(CC(F)(F)C(F)(F)C(F)(F)C(F)(F)C(O)(O)c2ccc(C(C)(C)c3ccc(O)cc3)cc2)cc1. The Bertz CT molecular complexity index is 1710. The molecule has 0 radical (unpaired) electrons. The maximum atomic E-state index is 15.1. The number of alkyl halides is 8. The van der Waals surface area contributed by atoms with Gasteiger partial charge in [0.25, 0.3) is 5.79 Å². The molecule has 48 heavy (non-hydrogen) atoms. The molecule has 4 N–H and O–H groups in total. The van der Waals surface area contributed by atoms with E-state index < -0.39 is 57.9 Å². The normalized spacial score (nSPS) is 13.9. The van der Waals surface area contributed by atoms with Crippen molar-refractivity contribution < 1.29 is 55.5 Å². The summed E-state index contributed by atoms with van der Waals surface area (Å²) >= 11 is 0. The van der Waals surface area contributed by atoms with E-state index in [9.17, 15) is 46.8 Å². The lowest BCUT2D eigenvalue weighted by atomic mass is 9.77. The lowest BCUT2D eigenvalue weighted by molar-refractivity contribution is -0.430. The zero-order valence-electron chi connectivity index (χ0n) is 26.3. The van der Waals surface area contributed by atoms with E-state index in [1.165, 1.54) is 36.4 Å². The third kappa shape index (κ3) is 6.11. The van der Waals surface area contributed by atoms with Gasteiger partial charge in [0.05, 0.1) is 0 Å². The van der Waals surface area contributed by atoms with Crippen LogP contribution in [0.5, 0.6) is 11.5 Å². The fourth-order valence-electron chi connectivity index (χ4n) is 5.44. The van der Waals surface area contributed by atoms with Crippen LogP contribution in [-0.2, 0) is 23.0 Å². The van der Waals surface area contributed by atoms with Crippen molar-refractivity contribution in [1.29, 1.82) is 0 Å². The Morgan fingerprint density at radius 3 is 1.06 bits per heavy atom. The monoisotopic (exact) mass is 682 g/mol. The van der Waals surface area contributed by atoms with Gasteiger partial charge in [-0.15, -0.1) is 0 Å². The standard InChI is InChI=1S/C36H34F8O4/c1-30(2,25-13-17-28(45)18-14-25)23-7-5-22(6-8-23)21-32(37,38)34(39,40)36(43,44)35(41,42)33(47,48)27-11-9-24(10-12-27)31(3,4)26-15-19-29(46)20-16-26/h5-20,45-48H,21H2,1-4H3. The van der Waals surface area contributed by atoms with Crippen LogP contribution in [0.1, 0.15) is 61.1 Å². The van der Waals surface area contributed by atoms with Gasteiger partial charge in [-0.1, -0.05) is 100 Å². The minimum absolute atomic E-state index is 0.000930. The lowest BCUT2D eigenvalue weighted by Crippen LogP contribution is -2.68. The van der Waals surface area contributed by atoms with Gasteiger partial charge in [0.15, 0.2) is 0 Å². The van der Waals surface area contributed by atoms with E-state index in [-0.39, 0.29) is 11.5 Å². The summed E-state index contributed by atoms with van der Waals surface area (Å²) in [5.74, 6) is -31.0. The Kier molecular flexibility index (Phi) is 9.22. The molecule has 4 rings (SSSR count). The molecule has 0 amide bonds. The molecule has 4 aromatic rings. The number of benzene rings is 4. The molecule has 12 heteroatoms. The number of aliphatic hydroxyl groups is 2. The molecule has 0 saturated carbocycles. The van der Waals surface area contributed by atoms with Crippen LogP contribution in [0.3, 0.4) is 0 Å². The van der Waals surface area contributed by atoms with Crippen LogP contribution < -0.4 is 0 Å². The van der Waals surface area contributed by atoms with Crippen molar-refractivity contribution >= 4 is 0 Å². The van der Waals surface area contributed by atoms with Gasteiger partial charge in [-0.3, -0.25) is 0 Å². The third-order valence-electron chi connectivity index (χ3n) is 8.97. The molecule has 0 aromatic heterocycles. The van der Waals surface area contributed by atoms with E-state index >= 15 is 8.78 Å². The highest BCUT2D eigenvalue weighted by atomic mass is 19.4. The van der Waals surface area contributed by atoms with Crippen LogP contribution in [0.4, 0.5) is 35.1 Å². The van der Waals surface area contributed by atoms with E-state index in [1.54, 1.807) is 52.0 Å². The first-order chi connectivity index (χ1) is 21.9. The number of hydrogen-bond acceptors (Lipinski definition) is 4. The number of rotatable bonds is 11. The second-order valence-corrected chi connectivity index (χ2v) is 12.9. The number of halogens is 8. The first-order valence-electron chi connectivity index (χ1n) is 14.6. The van der Waals surface area contributed by atoms with Crippen molar-refractivity contribution in [2.75, 3.05) is 0 Å². The second kappa shape index (κ2) is 12.1. The predicted octanol–water partition coefficient (Wildman–Crippen LogP) is 8.67. The van der Waals surface area contributed by atoms with E-state index in [2.05, 4.69) is 0 Å². The smallest absolute Gasteiger partial charge is 0.384 e. The van der Waals surface area contributed by atoms with Gasteiger partial charge in [-0.05, 0) is 52.1 Å². The van der Waals surface area contributed by atoms with Crippen LogP contribution >= 0.6 is 0 Å². The molecule has 4 aromatic carbocycles. The Morgan fingerprint density at radius 1 is 0.417 bits per heavy atom. The Morgan fingerprint density at radius 2 is 0.708 bits per heavy atom. The summed E-state index contributed by atoms with van der Waals surface area (Å²) in [5, 5.41) is 39.5. The van der Waals surface area contributed by atoms with Crippen LogP contribution in [0.25, 0.3) is 0 Å². The molecular weight excluding hydrogens is 648 g/mol. The van der Waals surface area contributed by atoms with Gasteiger partial charge in [0.1, 0.15) is 11.5 Å². The summed E-state index contributed by atoms with van der Waals surface area (Å²) in [6.07, 6.45) is -2.07. The van der Waals surface area contributed by atoms with E-state index in [0.29, 0.717) is 34.4 Å². The van der Waals surface area contributed by atoms with Crippen LogP contribution in [0, 0.1) is 0 Å². The topological polar surface area (TPSA) is 80.9 Å².